The van der Waals surface area contributed by atoms with Crippen LogP contribution in [-0.2, 0) is 9.53 Å². The molecule has 3 nitrogen and oxygen atoms in total. The second kappa shape index (κ2) is 7.23. The number of carbonyl (C=O) groups excluding carboxylic acids is 1. The zero-order chi connectivity index (χ0) is 15.2. The Kier molecular flexibility index (Phi) is 4.86. The van der Waals surface area contributed by atoms with E-state index in [0.717, 1.165) is 24.0 Å². The van der Waals surface area contributed by atoms with Gasteiger partial charge in [-0.2, -0.15) is 0 Å². The molecule has 3 heteroatoms. The highest BCUT2D eigenvalue weighted by Crippen LogP contribution is 2.23. The maximum absolute atomic E-state index is 12.6. The van der Waals surface area contributed by atoms with Crippen LogP contribution in [0, 0.1) is 5.92 Å². The smallest absolute Gasteiger partial charge is 0.224 e. The highest BCUT2D eigenvalue weighted by molar-refractivity contribution is 5.79. The number of rotatable bonds is 4. The number of benzene rings is 2. The second-order valence-corrected chi connectivity index (χ2v) is 5.65. The first-order valence-electron chi connectivity index (χ1n) is 7.82. The molecule has 2 aromatic rings. The molecule has 22 heavy (non-hydrogen) atoms. The van der Waals surface area contributed by atoms with Crippen LogP contribution in [0.3, 0.4) is 0 Å². The Balaban J connectivity index is 1.81. The van der Waals surface area contributed by atoms with E-state index in [1.54, 1.807) is 0 Å². The van der Waals surface area contributed by atoms with E-state index in [9.17, 15) is 4.79 Å². The van der Waals surface area contributed by atoms with Gasteiger partial charge in [-0.05, 0) is 24.0 Å². The van der Waals surface area contributed by atoms with Gasteiger partial charge in [-0.3, -0.25) is 4.79 Å². The van der Waals surface area contributed by atoms with E-state index in [1.165, 1.54) is 0 Å². The molecule has 1 fully saturated rings. The number of carbonyl (C=O) groups is 1. The van der Waals surface area contributed by atoms with Crippen LogP contribution in [0.4, 0.5) is 0 Å². The number of hydrogen-bond acceptors (Lipinski definition) is 2. The molecule has 0 saturated carbocycles. The van der Waals surface area contributed by atoms with Crippen molar-refractivity contribution < 1.29 is 9.53 Å². The molecule has 1 aliphatic rings. The van der Waals surface area contributed by atoms with Crippen LogP contribution < -0.4 is 5.32 Å². The lowest BCUT2D eigenvalue weighted by Gasteiger charge is -2.25. The van der Waals surface area contributed by atoms with Crippen molar-refractivity contribution in [2.75, 3.05) is 13.2 Å². The zero-order valence-corrected chi connectivity index (χ0v) is 12.6. The van der Waals surface area contributed by atoms with E-state index in [-0.39, 0.29) is 17.9 Å². The highest BCUT2D eigenvalue weighted by Gasteiger charge is 2.25. The van der Waals surface area contributed by atoms with Crippen LogP contribution >= 0.6 is 0 Å². The quantitative estimate of drug-likeness (QED) is 0.939. The third-order valence-electron chi connectivity index (χ3n) is 4.14. The third kappa shape index (κ3) is 3.55. The van der Waals surface area contributed by atoms with Gasteiger partial charge in [0.05, 0.1) is 6.04 Å². The molecule has 1 amide bonds. The molecule has 0 aliphatic carbocycles. The van der Waals surface area contributed by atoms with Gasteiger partial charge in [0.15, 0.2) is 0 Å². The van der Waals surface area contributed by atoms with Gasteiger partial charge in [0.2, 0.25) is 5.91 Å². The lowest BCUT2D eigenvalue weighted by atomic mass is 9.95. The topological polar surface area (TPSA) is 38.3 Å². The van der Waals surface area contributed by atoms with Gasteiger partial charge in [0.25, 0.3) is 0 Å². The molecule has 3 rings (SSSR count). The van der Waals surface area contributed by atoms with Crippen molar-refractivity contribution >= 4 is 5.91 Å². The van der Waals surface area contributed by atoms with Gasteiger partial charge in [0.1, 0.15) is 0 Å². The molecular formula is C19H21NO2. The SMILES string of the molecule is O=C(NC(c1ccccc1)c1ccccc1)C1CCOCC1. The number of nitrogens with one attached hydrogen (secondary N) is 1. The summed E-state index contributed by atoms with van der Waals surface area (Å²) in [4.78, 5) is 12.6. The Labute approximate surface area is 131 Å². The lowest BCUT2D eigenvalue weighted by molar-refractivity contribution is -0.128. The van der Waals surface area contributed by atoms with Crippen molar-refractivity contribution in [2.24, 2.45) is 5.92 Å². The van der Waals surface area contributed by atoms with Crippen LogP contribution in [0.25, 0.3) is 0 Å². The molecule has 0 radical (unpaired) electrons. The van der Waals surface area contributed by atoms with Gasteiger partial charge in [-0.1, -0.05) is 60.7 Å². The minimum atomic E-state index is -0.0993. The standard InChI is InChI=1S/C19H21NO2/c21-19(17-11-13-22-14-12-17)20-18(15-7-3-1-4-8-15)16-9-5-2-6-10-16/h1-10,17-18H,11-14H2,(H,20,21). The number of hydrogen-bond donors (Lipinski definition) is 1. The first-order valence-corrected chi connectivity index (χ1v) is 7.82. The van der Waals surface area contributed by atoms with Gasteiger partial charge < -0.3 is 10.1 Å². The summed E-state index contributed by atoms with van der Waals surface area (Å²) in [6.07, 6.45) is 1.62. The molecule has 1 N–H and O–H groups in total. The summed E-state index contributed by atoms with van der Waals surface area (Å²) in [5.74, 6) is 0.185. The molecule has 1 aliphatic heterocycles. The summed E-state index contributed by atoms with van der Waals surface area (Å²) >= 11 is 0. The largest absolute Gasteiger partial charge is 0.381 e. The lowest BCUT2D eigenvalue weighted by Crippen LogP contribution is -2.37. The van der Waals surface area contributed by atoms with E-state index in [0.29, 0.717) is 13.2 Å². The predicted molar refractivity (Wildman–Crippen MR) is 86.4 cm³/mol. The summed E-state index contributed by atoms with van der Waals surface area (Å²) in [5.41, 5.74) is 2.21. The van der Waals surface area contributed by atoms with E-state index in [4.69, 9.17) is 4.74 Å². The number of amides is 1. The molecule has 0 spiro atoms. The van der Waals surface area contributed by atoms with Crippen LogP contribution in [0.2, 0.25) is 0 Å². The highest BCUT2D eigenvalue weighted by atomic mass is 16.5. The van der Waals surface area contributed by atoms with Crippen molar-refractivity contribution in [3.05, 3.63) is 71.8 Å². The summed E-state index contributed by atoms with van der Waals surface area (Å²) in [6.45, 7) is 1.36. The molecule has 0 unspecified atom stereocenters. The summed E-state index contributed by atoms with van der Waals surface area (Å²) in [7, 11) is 0. The maximum Gasteiger partial charge on any atom is 0.224 e. The molecule has 1 saturated heterocycles. The zero-order valence-electron chi connectivity index (χ0n) is 12.6. The van der Waals surface area contributed by atoms with E-state index in [1.807, 2.05) is 36.4 Å². The fraction of sp³-hybridized carbons (Fsp3) is 0.316. The molecule has 114 valence electrons. The predicted octanol–water partition coefficient (Wildman–Crippen LogP) is 3.32. The molecule has 0 bridgehead atoms. The molecule has 0 aromatic heterocycles. The fourth-order valence-electron chi connectivity index (χ4n) is 2.87. The summed E-state index contributed by atoms with van der Waals surface area (Å²) in [6, 6.07) is 20.1. The average molecular weight is 295 g/mol. The third-order valence-corrected chi connectivity index (χ3v) is 4.14. The van der Waals surface area contributed by atoms with Gasteiger partial charge >= 0.3 is 0 Å². The van der Waals surface area contributed by atoms with Crippen LogP contribution in [-0.4, -0.2) is 19.1 Å². The van der Waals surface area contributed by atoms with Crippen molar-refractivity contribution in [1.82, 2.24) is 5.32 Å². The van der Waals surface area contributed by atoms with E-state index in [2.05, 4.69) is 29.6 Å². The van der Waals surface area contributed by atoms with Crippen molar-refractivity contribution in [1.29, 1.82) is 0 Å². The monoisotopic (exact) mass is 295 g/mol. The van der Waals surface area contributed by atoms with Crippen molar-refractivity contribution in [2.45, 2.75) is 18.9 Å². The molecule has 2 aromatic carbocycles. The Morgan fingerprint density at radius 1 is 0.909 bits per heavy atom. The van der Waals surface area contributed by atoms with Gasteiger partial charge in [-0.25, -0.2) is 0 Å². The first-order chi connectivity index (χ1) is 10.8. The molecule has 0 atom stereocenters. The average Bonchev–Trinajstić information content (AvgIpc) is 2.62. The van der Waals surface area contributed by atoms with Crippen LogP contribution in [0.15, 0.2) is 60.7 Å². The van der Waals surface area contributed by atoms with Crippen molar-refractivity contribution in [3.8, 4) is 0 Å². The molecule has 1 heterocycles. The Morgan fingerprint density at radius 3 is 1.91 bits per heavy atom. The Bertz CT molecular complexity index is 552. The summed E-state index contributed by atoms with van der Waals surface area (Å²) < 4.78 is 5.34. The fourth-order valence-corrected chi connectivity index (χ4v) is 2.87. The Morgan fingerprint density at radius 2 is 1.41 bits per heavy atom. The minimum Gasteiger partial charge on any atom is -0.381 e. The second-order valence-electron chi connectivity index (χ2n) is 5.65. The van der Waals surface area contributed by atoms with Crippen molar-refractivity contribution in [3.63, 3.8) is 0 Å². The normalized spacial score (nSPS) is 15.7. The van der Waals surface area contributed by atoms with Crippen LogP contribution in [0.1, 0.15) is 30.0 Å². The van der Waals surface area contributed by atoms with E-state index < -0.39 is 0 Å². The van der Waals surface area contributed by atoms with Crippen LogP contribution in [0.5, 0.6) is 0 Å². The van der Waals surface area contributed by atoms with Gasteiger partial charge in [-0.15, -0.1) is 0 Å². The van der Waals surface area contributed by atoms with E-state index >= 15 is 0 Å². The first kappa shape index (κ1) is 14.8. The van der Waals surface area contributed by atoms with Gasteiger partial charge in [0, 0.05) is 19.1 Å². The number of ether oxygens (including phenoxy) is 1. The molecular weight excluding hydrogens is 274 g/mol. The maximum atomic E-state index is 12.6. The minimum absolute atomic E-state index is 0.0590. The Hall–Kier alpha value is -2.13. The summed E-state index contributed by atoms with van der Waals surface area (Å²) in [5, 5.41) is 3.22.